The average molecular weight is 107 g/mol. The van der Waals surface area contributed by atoms with E-state index < -0.39 is 0 Å². The van der Waals surface area contributed by atoms with Crippen LogP contribution in [0.5, 0.6) is 0 Å². The Morgan fingerprint density at radius 2 is 1.75 bits per heavy atom. The summed E-state index contributed by atoms with van der Waals surface area (Å²) in [7, 11) is 0. The third kappa shape index (κ3) is 0.347. The summed E-state index contributed by atoms with van der Waals surface area (Å²) < 4.78 is 0. The van der Waals surface area contributed by atoms with Gasteiger partial charge in [0.2, 0.25) is 0 Å². The lowest BCUT2D eigenvalue weighted by atomic mass is 9.92. The van der Waals surface area contributed by atoms with Crippen LogP contribution in [0.15, 0.2) is 16.3 Å². The summed E-state index contributed by atoms with van der Waals surface area (Å²) in [6, 6.07) is 0. The monoisotopic (exact) mass is 107 g/mol. The molecule has 0 fully saturated rings. The number of fused-ring (bicyclic) bond motifs is 1. The van der Waals surface area contributed by atoms with E-state index in [-0.39, 0.29) is 0 Å². The Balaban J connectivity index is 2.22. The van der Waals surface area contributed by atoms with Gasteiger partial charge in [0, 0.05) is 5.57 Å². The maximum Gasteiger partial charge on any atom is 0.0958 e. The quantitative estimate of drug-likeness (QED) is 0.447. The average Bonchev–Trinajstić information content (AvgIpc) is 1.94. The fourth-order valence-electron chi connectivity index (χ4n) is 1.02. The highest BCUT2D eigenvalue weighted by atomic mass is 15.0. The van der Waals surface area contributed by atoms with E-state index in [1.54, 1.807) is 0 Å². The number of hydrogen-bond acceptors (Lipinski definition) is 1. The summed E-state index contributed by atoms with van der Waals surface area (Å²) in [4.78, 5) is 4.04. The molecule has 0 unspecified atom stereocenters. The zero-order valence-corrected chi connectivity index (χ0v) is 5.45. The molecule has 0 aromatic rings. The standard InChI is InChI=1S/C7H9N/c1-7(2,3)4-5-6(4)8-5/h1-3H3. The molecule has 2 rings (SSSR count). The Morgan fingerprint density at radius 1 is 1.25 bits per heavy atom. The number of aliphatic imine (C=N–C) groups is 1. The second kappa shape index (κ2) is 0.790. The van der Waals surface area contributed by atoms with Crippen LogP contribution in [0.2, 0.25) is 0 Å². The van der Waals surface area contributed by atoms with Crippen molar-refractivity contribution in [3.8, 4) is 0 Å². The molecule has 0 aromatic heterocycles. The highest BCUT2D eigenvalue weighted by molar-refractivity contribution is 6.39. The Morgan fingerprint density at radius 3 is 1.75 bits per heavy atom. The fourth-order valence-corrected chi connectivity index (χ4v) is 1.02. The van der Waals surface area contributed by atoms with Crippen LogP contribution in [0.3, 0.4) is 0 Å². The van der Waals surface area contributed by atoms with E-state index in [4.69, 9.17) is 0 Å². The lowest BCUT2D eigenvalue weighted by Gasteiger charge is -2.12. The van der Waals surface area contributed by atoms with Crippen molar-refractivity contribution in [2.75, 3.05) is 0 Å². The zero-order chi connectivity index (χ0) is 5.94. The molecule has 0 atom stereocenters. The van der Waals surface area contributed by atoms with Gasteiger partial charge in [-0.25, -0.2) is 4.99 Å². The van der Waals surface area contributed by atoms with Gasteiger partial charge in [-0.1, -0.05) is 20.8 Å². The van der Waals surface area contributed by atoms with Gasteiger partial charge in [-0.2, -0.15) is 0 Å². The molecule has 1 aliphatic carbocycles. The Hall–Kier alpha value is -0.590. The van der Waals surface area contributed by atoms with Crippen LogP contribution in [0.1, 0.15) is 20.8 Å². The molecule has 0 N–H and O–H groups in total. The van der Waals surface area contributed by atoms with Crippen molar-refractivity contribution >= 4 is 5.71 Å². The number of hydrogen-bond donors (Lipinski definition) is 0. The molecule has 0 aromatic carbocycles. The highest BCUT2D eigenvalue weighted by Crippen LogP contribution is 2.51. The minimum absolute atomic E-state index is 0.381. The van der Waals surface area contributed by atoms with Gasteiger partial charge in [0.25, 0.3) is 0 Å². The zero-order valence-electron chi connectivity index (χ0n) is 5.45. The molecule has 1 aliphatic heterocycles. The van der Waals surface area contributed by atoms with Crippen LogP contribution in [0, 0.1) is 5.41 Å². The largest absolute Gasteiger partial charge is 0.244 e. The molecular formula is C7H9N. The minimum atomic E-state index is 0.381. The summed E-state index contributed by atoms with van der Waals surface area (Å²) in [6.45, 7) is 6.68. The second-order valence-electron chi connectivity index (χ2n) is 3.43. The third-order valence-electron chi connectivity index (χ3n) is 1.56. The molecule has 1 nitrogen and oxygen atoms in total. The second-order valence-corrected chi connectivity index (χ2v) is 3.43. The molecule has 0 bridgehead atoms. The summed E-state index contributed by atoms with van der Waals surface area (Å²) in [6.07, 6.45) is 0. The van der Waals surface area contributed by atoms with Crippen molar-refractivity contribution in [2.24, 2.45) is 10.4 Å². The van der Waals surface area contributed by atoms with E-state index in [0.717, 1.165) is 0 Å². The van der Waals surface area contributed by atoms with Crippen LogP contribution in [0.4, 0.5) is 0 Å². The van der Waals surface area contributed by atoms with Gasteiger partial charge in [-0.05, 0) is 5.41 Å². The van der Waals surface area contributed by atoms with Gasteiger partial charge in [0.1, 0.15) is 0 Å². The van der Waals surface area contributed by atoms with Gasteiger partial charge in [0.15, 0.2) is 0 Å². The van der Waals surface area contributed by atoms with Gasteiger partial charge in [0.05, 0.1) is 11.4 Å². The Bertz CT molecular complexity index is 213. The molecule has 0 spiro atoms. The lowest BCUT2D eigenvalue weighted by Crippen LogP contribution is -2.04. The molecule has 2 aliphatic rings. The summed E-state index contributed by atoms with van der Waals surface area (Å²) in [5.74, 6) is 0. The fraction of sp³-hybridized carbons (Fsp3) is 0.571. The first kappa shape index (κ1) is 4.30. The number of nitrogens with zero attached hydrogens (tertiary/aromatic N) is 1. The van der Waals surface area contributed by atoms with Gasteiger partial charge >= 0.3 is 0 Å². The van der Waals surface area contributed by atoms with Crippen LogP contribution < -0.4 is 0 Å². The third-order valence-corrected chi connectivity index (χ3v) is 1.56. The molecule has 1 heteroatoms. The molecule has 0 radical (unpaired) electrons. The molecule has 42 valence electrons. The van der Waals surface area contributed by atoms with Crippen LogP contribution in [-0.2, 0) is 0 Å². The van der Waals surface area contributed by atoms with E-state index in [0.29, 0.717) is 5.41 Å². The van der Waals surface area contributed by atoms with Crippen molar-refractivity contribution in [2.45, 2.75) is 20.8 Å². The van der Waals surface area contributed by atoms with Crippen molar-refractivity contribution in [1.82, 2.24) is 0 Å². The van der Waals surface area contributed by atoms with E-state index in [2.05, 4.69) is 25.8 Å². The smallest absolute Gasteiger partial charge is 0.0958 e. The normalized spacial score (nSPS) is 22.6. The van der Waals surface area contributed by atoms with Crippen LogP contribution >= 0.6 is 0 Å². The van der Waals surface area contributed by atoms with E-state index in [1.807, 2.05) is 0 Å². The van der Waals surface area contributed by atoms with Crippen LogP contribution in [0.25, 0.3) is 0 Å². The van der Waals surface area contributed by atoms with Crippen molar-refractivity contribution in [3.63, 3.8) is 0 Å². The predicted octanol–water partition coefficient (Wildman–Crippen LogP) is 1.75. The van der Waals surface area contributed by atoms with Gasteiger partial charge in [-0.15, -0.1) is 0 Å². The van der Waals surface area contributed by atoms with Crippen molar-refractivity contribution < 1.29 is 0 Å². The lowest BCUT2D eigenvalue weighted by molar-refractivity contribution is 0.531. The Kier molecular flexibility index (Phi) is 0.425. The predicted molar refractivity (Wildman–Crippen MR) is 33.9 cm³/mol. The maximum absolute atomic E-state index is 4.04. The number of rotatable bonds is 0. The van der Waals surface area contributed by atoms with Crippen molar-refractivity contribution in [1.29, 1.82) is 0 Å². The summed E-state index contributed by atoms with van der Waals surface area (Å²) >= 11 is 0. The Labute approximate surface area is 49.1 Å². The highest BCUT2D eigenvalue weighted by Gasteiger charge is 2.49. The molecule has 1 heterocycles. The summed E-state index contributed by atoms with van der Waals surface area (Å²) in [5.41, 5.74) is 4.53. The first-order valence-corrected chi connectivity index (χ1v) is 2.95. The molecule has 0 saturated heterocycles. The van der Waals surface area contributed by atoms with Crippen LogP contribution in [-0.4, -0.2) is 5.71 Å². The SMILES string of the molecule is CC(C)(C)C1=C2N=C21. The summed E-state index contributed by atoms with van der Waals surface area (Å²) in [5, 5.41) is 0. The van der Waals surface area contributed by atoms with Crippen molar-refractivity contribution in [3.05, 3.63) is 11.3 Å². The van der Waals surface area contributed by atoms with Gasteiger partial charge in [-0.3, -0.25) is 0 Å². The topological polar surface area (TPSA) is 12.4 Å². The van der Waals surface area contributed by atoms with E-state index in [1.165, 1.54) is 17.0 Å². The molecule has 8 heavy (non-hydrogen) atoms. The maximum atomic E-state index is 4.04. The van der Waals surface area contributed by atoms with Gasteiger partial charge < -0.3 is 0 Å². The molecule has 0 saturated carbocycles. The van der Waals surface area contributed by atoms with E-state index in [9.17, 15) is 0 Å². The molecular weight excluding hydrogens is 98.1 g/mol. The van der Waals surface area contributed by atoms with E-state index >= 15 is 0 Å². The molecule has 0 amide bonds. The first-order valence-electron chi connectivity index (χ1n) is 2.95. The minimum Gasteiger partial charge on any atom is -0.244 e. The first-order chi connectivity index (χ1) is 3.61. The number of allylic oxidation sites excluding steroid dienone is 2.